The molecule has 1 aromatic carbocycles. The van der Waals surface area contributed by atoms with Crippen LogP contribution in [-0.4, -0.2) is 24.9 Å². The van der Waals surface area contributed by atoms with E-state index in [-0.39, 0.29) is 5.91 Å². The molecule has 0 aromatic heterocycles. The Balaban J connectivity index is 2.04. The van der Waals surface area contributed by atoms with E-state index in [1.54, 1.807) is 0 Å². The van der Waals surface area contributed by atoms with Crippen molar-refractivity contribution in [2.24, 2.45) is 5.73 Å². The SMILES string of the molecule is NCC(F)(F)CNC(=O)C1(c2ccc(Br)cc2)CC1. The van der Waals surface area contributed by atoms with Crippen LogP contribution in [0.2, 0.25) is 0 Å². The molecule has 104 valence electrons. The number of rotatable bonds is 5. The van der Waals surface area contributed by atoms with Crippen LogP contribution in [0.5, 0.6) is 0 Å². The molecule has 1 aliphatic carbocycles. The average molecular weight is 333 g/mol. The molecule has 2 rings (SSSR count). The Hall–Kier alpha value is -1.01. The third-order valence-corrected chi connectivity index (χ3v) is 3.92. The zero-order chi connectivity index (χ0) is 14.1. The molecular formula is C13H15BrF2N2O. The van der Waals surface area contributed by atoms with Gasteiger partial charge in [-0.2, -0.15) is 0 Å². The summed E-state index contributed by atoms with van der Waals surface area (Å²) in [6.07, 6.45) is 1.38. The van der Waals surface area contributed by atoms with E-state index < -0.39 is 24.4 Å². The molecular weight excluding hydrogens is 318 g/mol. The summed E-state index contributed by atoms with van der Waals surface area (Å²) in [5.41, 5.74) is 5.17. The van der Waals surface area contributed by atoms with Crippen LogP contribution in [0.25, 0.3) is 0 Å². The Morgan fingerprint density at radius 2 is 1.95 bits per heavy atom. The van der Waals surface area contributed by atoms with Gasteiger partial charge in [-0.15, -0.1) is 0 Å². The van der Waals surface area contributed by atoms with E-state index in [9.17, 15) is 13.6 Å². The van der Waals surface area contributed by atoms with E-state index in [1.807, 2.05) is 24.3 Å². The zero-order valence-corrected chi connectivity index (χ0v) is 11.8. The number of alkyl halides is 2. The van der Waals surface area contributed by atoms with E-state index in [0.717, 1.165) is 10.0 Å². The molecule has 6 heteroatoms. The predicted molar refractivity (Wildman–Crippen MR) is 72.1 cm³/mol. The summed E-state index contributed by atoms with van der Waals surface area (Å²) in [5.74, 6) is -3.39. The maximum absolute atomic E-state index is 13.0. The van der Waals surface area contributed by atoms with Gasteiger partial charge < -0.3 is 11.1 Å². The highest BCUT2D eigenvalue weighted by Gasteiger charge is 2.51. The summed E-state index contributed by atoms with van der Waals surface area (Å²) < 4.78 is 27.0. The molecule has 1 aliphatic rings. The first-order valence-corrected chi connectivity index (χ1v) is 6.81. The molecule has 0 atom stereocenters. The smallest absolute Gasteiger partial charge is 0.277 e. The first-order chi connectivity index (χ1) is 8.89. The van der Waals surface area contributed by atoms with E-state index in [4.69, 9.17) is 5.73 Å². The largest absolute Gasteiger partial charge is 0.349 e. The van der Waals surface area contributed by atoms with Crippen molar-refractivity contribution in [2.75, 3.05) is 13.1 Å². The number of benzene rings is 1. The molecule has 0 unspecified atom stereocenters. The first-order valence-electron chi connectivity index (χ1n) is 6.02. The minimum atomic E-state index is -3.05. The molecule has 1 aromatic rings. The van der Waals surface area contributed by atoms with Crippen molar-refractivity contribution in [3.8, 4) is 0 Å². The third kappa shape index (κ3) is 3.12. The Bertz CT molecular complexity index is 472. The normalized spacial score (nSPS) is 17.1. The van der Waals surface area contributed by atoms with Crippen LogP contribution in [0.1, 0.15) is 18.4 Å². The van der Waals surface area contributed by atoms with Crippen molar-refractivity contribution in [3.63, 3.8) is 0 Å². The lowest BCUT2D eigenvalue weighted by Crippen LogP contribution is -2.45. The first kappa shape index (κ1) is 14.4. The van der Waals surface area contributed by atoms with Crippen LogP contribution >= 0.6 is 15.9 Å². The van der Waals surface area contributed by atoms with Gasteiger partial charge in [-0.3, -0.25) is 4.79 Å². The molecule has 0 aliphatic heterocycles. The quantitative estimate of drug-likeness (QED) is 0.868. The second-order valence-corrected chi connectivity index (χ2v) is 5.75. The summed E-state index contributed by atoms with van der Waals surface area (Å²) in [6.45, 7) is -1.47. The fourth-order valence-corrected chi connectivity index (χ4v) is 2.26. The molecule has 0 spiro atoms. The Kier molecular flexibility index (Phi) is 3.92. The van der Waals surface area contributed by atoms with Gasteiger partial charge >= 0.3 is 0 Å². The van der Waals surface area contributed by atoms with Crippen molar-refractivity contribution in [1.82, 2.24) is 5.32 Å². The van der Waals surface area contributed by atoms with Gasteiger partial charge in [-0.1, -0.05) is 28.1 Å². The van der Waals surface area contributed by atoms with Gasteiger partial charge in [0.1, 0.15) is 0 Å². The number of amides is 1. The highest BCUT2D eigenvalue weighted by molar-refractivity contribution is 9.10. The van der Waals surface area contributed by atoms with Gasteiger partial charge in [0.2, 0.25) is 5.91 Å². The number of carbonyl (C=O) groups excluding carboxylic acids is 1. The number of carbonyl (C=O) groups is 1. The van der Waals surface area contributed by atoms with Crippen molar-refractivity contribution in [2.45, 2.75) is 24.2 Å². The molecule has 0 bridgehead atoms. The van der Waals surface area contributed by atoms with E-state index in [0.29, 0.717) is 12.8 Å². The Morgan fingerprint density at radius 3 is 2.42 bits per heavy atom. The minimum absolute atomic E-state index is 0.344. The zero-order valence-electron chi connectivity index (χ0n) is 10.3. The molecule has 1 fully saturated rings. The lowest BCUT2D eigenvalue weighted by molar-refractivity contribution is -0.125. The molecule has 0 saturated heterocycles. The fourth-order valence-electron chi connectivity index (χ4n) is 1.99. The Labute approximate surface area is 118 Å². The summed E-state index contributed by atoms with van der Waals surface area (Å²) >= 11 is 3.32. The Morgan fingerprint density at radius 1 is 1.37 bits per heavy atom. The average Bonchev–Trinajstić information content (AvgIpc) is 3.18. The standard InChI is InChI=1S/C13H15BrF2N2O/c14-10-3-1-9(2-4-10)12(5-6-12)11(19)18-8-13(15,16)7-17/h1-4H,5-8,17H2,(H,18,19). The third-order valence-electron chi connectivity index (χ3n) is 3.39. The number of nitrogens with two attached hydrogens (primary N) is 1. The number of hydrogen-bond acceptors (Lipinski definition) is 2. The van der Waals surface area contributed by atoms with Crippen LogP contribution in [-0.2, 0) is 10.2 Å². The summed E-state index contributed by atoms with van der Waals surface area (Å²) in [6, 6.07) is 7.38. The van der Waals surface area contributed by atoms with Crippen molar-refractivity contribution in [3.05, 3.63) is 34.3 Å². The van der Waals surface area contributed by atoms with E-state index in [2.05, 4.69) is 21.2 Å². The van der Waals surface area contributed by atoms with Gasteiger partial charge in [0.25, 0.3) is 5.92 Å². The van der Waals surface area contributed by atoms with Gasteiger partial charge in [0.15, 0.2) is 0 Å². The maximum atomic E-state index is 13.0. The van der Waals surface area contributed by atoms with Crippen LogP contribution in [0.15, 0.2) is 28.7 Å². The highest BCUT2D eigenvalue weighted by Crippen LogP contribution is 2.48. The molecule has 3 nitrogen and oxygen atoms in total. The molecule has 3 N–H and O–H groups in total. The number of halogens is 3. The second-order valence-electron chi connectivity index (χ2n) is 4.83. The topological polar surface area (TPSA) is 55.1 Å². The lowest BCUT2D eigenvalue weighted by Gasteiger charge is -2.19. The van der Waals surface area contributed by atoms with Crippen LogP contribution in [0.3, 0.4) is 0 Å². The van der Waals surface area contributed by atoms with Crippen molar-refractivity contribution in [1.29, 1.82) is 0 Å². The van der Waals surface area contributed by atoms with Gasteiger partial charge in [-0.05, 0) is 30.5 Å². The van der Waals surface area contributed by atoms with Crippen LogP contribution in [0.4, 0.5) is 8.78 Å². The van der Waals surface area contributed by atoms with Crippen molar-refractivity contribution < 1.29 is 13.6 Å². The molecule has 1 saturated carbocycles. The number of hydrogen-bond donors (Lipinski definition) is 2. The fraction of sp³-hybridized carbons (Fsp3) is 0.462. The molecule has 1 amide bonds. The summed E-state index contributed by atoms with van der Waals surface area (Å²) in [5, 5.41) is 2.31. The lowest BCUT2D eigenvalue weighted by atomic mass is 9.95. The molecule has 0 heterocycles. The van der Waals surface area contributed by atoms with Gasteiger partial charge in [0.05, 0.1) is 18.5 Å². The highest BCUT2D eigenvalue weighted by atomic mass is 79.9. The monoisotopic (exact) mass is 332 g/mol. The van der Waals surface area contributed by atoms with E-state index in [1.165, 1.54) is 0 Å². The van der Waals surface area contributed by atoms with Crippen LogP contribution in [0, 0.1) is 0 Å². The maximum Gasteiger partial charge on any atom is 0.277 e. The summed E-state index contributed by atoms with van der Waals surface area (Å²) in [4.78, 5) is 12.1. The predicted octanol–water partition coefficient (Wildman–Crippen LogP) is 2.19. The van der Waals surface area contributed by atoms with Gasteiger partial charge in [0, 0.05) is 4.47 Å². The number of nitrogens with one attached hydrogen (secondary N) is 1. The molecule has 19 heavy (non-hydrogen) atoms. The molecule has 0 radical (unpaired) electrons. The second kappa shape index (κ2) is 5.17. The van der Waals surface area contributed by atoms with Gasteiger partial charge in [-0.25, -0.2) is 8.78 Å². The van der Waals surface area contributed by atoms with Crippen molar-refractivity contribution >= 4 is 21.8 Å². The van der Waals surface area contributed by atoms with E-state index >= 15 is 0 Å². The summed E-state index contributed by atoms with van der Waals surface area (Å²) in [7, 11) is 0. The van der Waals surface area contributed by atoms with Crippen LogP contribution < -0.4 is 11.1 Å². The minimum Gasteiger partial charge on any atom is -0.349 e.